The number of rotatable bonds is 6. The normalized spacial score (nSPS) is 13.5. The summed E-state index contributed by atoms with van der Waals surface area (Å²) in [7, 11) is -2.51. The van der Waals surface area contributed by atoms with Crippen LogP contribution in [0.25, 0.3) is 0 Å². The maximum Gasteiger partial charge on any atom is 0.155 e. The van der Waals surface area contributed by atoms with Crippen LogP contribution in [0.5, 0.6) is 0 Å². The van der Waals surface area contributed by atoms with Gasteiger partial charge in [-0.25, -0.2) is 0 Å². The first-order valence-corrected chi connectivity index (χ1v) is 13.8. The predicted molar refractivity (Wildman–Crippen MR) is 110 cm³/mol. The zero-order chi connectivity index (χ0) is 17.8. The van der Waals surface area contributed by atoms with Gasteiger partial charge in [-0.05, 0) is 29.8 Å². The van der Waals surface area contributed by atoms with Crippen molar-refractivity contribution in [2.45, 2.75) is 51.7 Å². The molecule has 2 rings (SSSR count). The summed E-state index contributed by atoms with van der Waals surface area (Å²) in [5.74, 6) is 0. The van der Waals surface area contributed by atoms with Gasteiger partial charge in [0.2, 0.25) is 0 Å². The van der Waals surface area contributed by atoms with Crippen LogP contribution < -0.4 is 5.30 Å². The smallest absolute Gasteiger partial charge is 0.155 e. The van der Waals surface area contributed by atoms with Crippen LogP contribution >= 0.6 is 7.47 Å². The van der Waals surface area contributed by atoms with Crippen molar-refractivity contribution >= 4 is 26.0 Å². The zero-order valence-electron chi connectivity index (χ0n) is 15.5. The van der Waals surface area contributed by atoms with E-state index in [-0.39, 0.29) is 5.04 Å². The van der Waals surface area contributed by atoms with E-state index in [1.807, 2.05) is 24.3 Å². The Kier molecular flexibility index (Phi) is 6.17. The molecule has 1 unspecified atom stereocenters. The van der Waals surface area contributed by atoms with E-state index in [2.05, 4.69) is 70.3 Å². The molecule has 3 heteroatoms. The van der Waals surface area contributed by atoms with Crippen molar-refractivity contribution in [2.75, 3.05) is 0 Å². The molecule has 0 aliphatic heterocycles. The average Bonchev–Trinajstić information content (AvgIpc) is 2.54. The van der Waals surface area contributed by atoms with Crippen LogP contribution in [-0.4, -0.2) is 13.3 Å². The van der Waals surface area contributed by atoms with E-state index in [4.69, 9.17) is 0 Å². The molecule has 0 spiro atoms. The van der Waals surface area contributed by atoms with Gasteiger partial charge >= 0.3 is 0 Å². The van der Waals surface area contributed by atoms with Crippen molar-refractivity contribution in [1.29, 1.82) is 0 Å². The van der Waals surface area contributed by atoms with Gasteiger partial charge < -0.3 is 0 Å². The highest BCUT2D eigenvalue weighted by Crippen LogP contribution is 2.58. The molecule has 0 radical (unpaired) electrons. The van der Waals surface area contributed by atoms with Gasteiger partial charge in [0.1, 0.15) is 0 Å². The summed E-state index contributed by atoms with van der Waals surface area (Å²) in [5.41, 5.74) is 1.72. The van der Waals surface area contributed by atoms with Crippen molar-refractivity contribution < 1.29 is 4.79 Å². The Hall–Kier alpha value is -1.24. The minimum Gasteiger partial charge on any atom is -0.295 e. The van der Waals surface area contributed by atoms with E-state index in [1.165, 1.54) is 10.9 Å². The van der Waals surface area contributed by atoms with E-state index in [0.717, 1.165) is 6.42 Å². The van der Waals surface area contributed by atoms with E-state index in [9.17, 15) is 4.79 Å². The van der Waals surface area contributed by atoms with E-state index in [0.29, 0.717) is 11.9 Å². The number of aryl methyl sites for hydroxylation is 1. The molecule has 0 saturated heterocycles. The number of hydrogen-bond donors (Lipinski definition) is 0. The Morgan fingerprint density at radius 1 is 0.917 bits per heavy atom. The second-order valence-corrected chi connectivity index (χ2v) is 18.9. The van der Waals surface area contributed by atoms with Crippen molar-refractivity contribution in [3.8, 4) is 0 Å². The van der Waals surface area contributed by atoms with Gasteiger partial charge in [0.15, 0.2) is 5.52 Å². The number of carbonyl (C=O) groups is 1. The van der Waals surface area contributed by atoms with Crippen LogP contribution in [0.1, 0.15) is 32.8 Å². The molecule has 0 fully saturated rings. The third-order valence-electron chi connectivity index (χ3n) is 5.13. The minimum absolute atomic E-state index is 0.205. The highest BCUT2D eigenvalue weighted by molar-refractivity contribution is 8.10. The van der Waals surface area contributed by atoms with E-state index < -0.39 is 15.2 Å². The second-order valence-electron chi connectivity index (χ2n) is 7.86. The summed E-state index contributed by atoms with van der Waals surface area (Å²) in [6.45, 7) is 11.7. The molecule has 0 aliphatic carbocycles. The number of carbonyl (C=O) groups excluding carboxylic acids is 1. The van der Waals surface area contributed by atoms with Gasteiger partial charge in [-0.1, -0.05) is 94.5 Å². The average molecular weight is 357 g/mol. The number of hydrogen-bond acceptors (Lipinski definition) is 1. The monoisotopic (exact) mass is 356 g/mol. The van der Waals surface area contributed by atoms with Crippen LogP contribution in [0.3, 0.4) is 0 Å². The first-order valence-electron chi connectivity index (χ1n) is 8.65. The van der Waals surface area contributed by atoms with Gasteiger partial charge in [-0.2, -0.15) is 0 Å². The topological polar surface area (TPSA) is 17.1 Å². The Labute approximate surface area is 149 Å². The minimum atomic E-state index is -1.76. The lowest BCUT2D eigenvalue weighted by molar-refractivity contribution is -0.111. The van der Waals surface area contributed by atoms with E-state index >= 15 is 0 Å². The Bertz CT molecular complexity index is 659. The van der Waals surface area contributed by atoms with Crippen LogP contribution in [0.2, 0.25) is 18.1 Å². The van der Waals surface area contributed by atoms with Gasteiger partial charge in [0.05, 0.1) is 7.74 Å². The molecule has 0 saturated carbocycles. The highest BCUT2D eigenvalue weighted by atomic mass is 31.4. The lowest BCUT2D eigenvalue weighted by Gasteiger charge is -2.42. The predicted octanol–water partition coefficient (Wildman–Crippen LogP) is 5.96. The van der Waals surface area contributed by atoms with Crippen molar-refractivity contribution in [2.24, 2.45) is 0 Å². The third kappa shape index (κ3) is 4.43. The maximum absolute atomic E-state index is 13.3. The molecular weight excluding hydrogens is 327 g/mol. The van der Waals surface area contributed by atoms with Crippen molar-refractivity contribution in [3.63, 3.8) is 0 Å². The quantitative estimate of drug-likeness (QED) is 0.461. The summed E-state index contributed by atoms with van der Waals surface area (Å²) in [4.78, 5) is 13.3. The van der Waals surface area contributed by atoms with E-state index in [1.54, 1.807) is 0 Å². The molecule has 1 nitrogen and oxygen atoms in total. The fraction of sp³-hybridized carbons (Fsp3) is 0.381. The Morgan fingerprint density at radius 2 is 1.42 bits per heavy atom. The van der Waals surface area contributed by atoms with Crippen molar-refractivity contribution in [3.05, 3.63) is 66.2 Å². The first-order chi connectivity index (χ1) is 11.2. The first kappa shape index (κ1) is 19.1. The summed E-state index contributed by atoms with van der Waals surface area (Å²) in [6.07, 6.45) is 1.50. The third-order valence-corrected chi connectivity index (χ3v) is 18.3. The van der Waals surface area contributed by atoms with Crippen LogP contribution in [0.4, 0.5) is 0 Å². The molecule has 1 atom stereocenters. The second kappa shape index (κ2) is 7.76. The zero-order valence-corrected chi connectivity index (χ0v) is 17.4. The van der Waals surface area contributed by atoms with Crippen LogP contribution in [0, 0.1) is 0 Å². The summed E-state index contributed by atoms with van der Waals surface area (Å²) < 4.78 is 0. The molecular formula is C21H29OPSi. The van der Waals surface area contributed by atoms with Crippen molar-refractivity contribution in [1.82, 2.24) is 0 Å². The van der Waals surface area contributed by atoms with Gasteiger partial charge in [0.25, 0.3) is 0 Å². The Balaban J connectivity index is 2.27. The van der Waals surface area contributed by atoms with Crippen LogP contribution in [0.15, 0.2) is 60.7 Å². The summed E-state index contributed by atoms with van der Waals surface area (Å²) >= 11 is 0. The van der Waals surface area contributed by atoms with Gasteiger partial charge in [-0.3, -0.25) is 4.79 Å². The van der Waals surface area contributed by atoms with Crippen LogP contribution in [-0.2, 0) is 11.2 Å². The fourth-order valence-electron chi connectivity index (χ4n) is 2.70. The number of benzene rings is 2. The maximum atomic E-state index is 13.3. The molecule has 2 aromatic rings. The molecule has 0 aliphatic rings. The molecule has 0 bridgehead atoms. The molecule has 128 valence electrons. The molecule has 2 aromatic carbocycles. The van der Waals surface area contributed by atoms with Gasteiger partial charge in [0, 0.05) is 6.42 Å². The summed E-state index contributed by atoms with van der Waals surface area (Å²) in [6, 6.07) is 20.9. The molecule has 0 aromatic heterocycles. The van der Waals surface area contributed by atoms with Gasteiger partial charge in [-0.15, -0.1) is 0 Å². The molecule has 0 heterocycles. The molecule has 0 amide bonds. The Morgan fingerprint density at radius 3 is 1.92 bits per heavy atom. The fourth-order valence-corrected chi connectivity index (χ4v) is 12.3. The molecule has 0 N–H and O–H groups in total. The summed E-state index contributed by atoms with van der Waals surface area (Å²) in [5, 5.41) is 1.47. The SMILES string of the molecule is CC(C)(C)[Si](C)(C)P(C(=O)CCc1ccccc1)c1ccccc1. The lowest BCUT2D eigenvalue weighted by atomic mass is 10.1. The molecule has 24 heavy (non-hydrogen) atoms. The standard InChI is InChI=1S/C21H29OPSi/c1-21(2,3)24(4,5)23(19-14-10-7-11-15-19)20(22)17-16-18-12-8-6-9-13-18/h6-15H,16-17H2,1-5H3. The highest BCUT2D eigenvalue weighted by Gasteiger charge is 2.45. The largest absolute Gasteiger partial charge is 0.295 e. The lowest BCUT2D eigenvalue weighted by Crippen LogP contribution is -2.40.